The molecule has 0 aliphatic carbocycles. The van der Waals surface area contributed by atoms with Gasteiger partial charge in [0.1, 0.15) is 6.54 Å². The number of carbonyl (C=O) groups is 1. The number of guanidine groups is 1. The second-order valence-corrected chi connectivity index (χ2v) is 7.93. The molecular weight excluding hydrogens is 368 g/mol. The highest BCUT2D eigenvalue weighted by molar-refractivity contribution is 5.98. The number of unbranched alkanes of at least 4 members (excludes halogenated alkanes) is 1. The molecule has 29 heavy (non-hydrogen) atoms. The number of aliphatic imine (C=N–C) groups is 1. The van der Waals surface area contributed by atoms with Gasteiger partial charge in [-0.2, -0.15) is 5.10 Å². The highest BCUT2D eigenvalue weighted by atomic mass is 16.2. The Hall–Kier alpha value is -2.13. The molecule has 1 aromatic heterocycles. The molecule has 9 heteroatoms. The normalized spacial score (nSPS) is 19.8. The minimum absolute atomic E-state index is 0.0879. The average molecular weight is 405 g/mol. The van der Waals surface area contributed by atoms with E-state index in [9.17, 15) is 4.79 Å². The first-order valence-corrected chi connectivity index (χ1v) is 10.8. The number of rotatable bonds is 7. The summed E-state index contributed by atoms with van der Waals surface area (Å²) in [5.41, 5.74) is 0.864. The molecule has 0 saturated carbocycles. The Morgan fingerprint density at radius 1 is 1.14 bits per heavy atom. The molecule has 0 radical (unpaired) electrons. The number of hydrogen-bond acceptors (Lipinski definition) is 5. The van der Waals surface area contributed by atoms with Gasteiger partial charge in [0.2, 0.25) is 5.91 Å². The van der Waals surface area contributed by atoms with Gasteiger partial charge in [-0.1, -0.05) is 0 Å². The van der Waals surface area contributed by atoms with E-state index in [1.165, 1.54) is 32.6 Å². The molecule has 2 fully saturated rings. The molecular formula is C20H36N8O. The molecule has 1 amide bonds. The van der Waals surface area contributed by atoms with Crippen molar-refractivity contribution in [1.29, 1.82) is 0 Å². The Kier molecular flexibility index (Phi) is 7.88. The topological polar surface area (TPSA) is 72.2 Å². The van der Waals surface area contributed by atoms with Crippen LogP contribution < -0.4 is 10.2 Å². The molecule has 0 bridgehead atoms. The Labute approximate surface area is 174 Å². The molecule has 2 saturated heterocycles. The quantitative estimate of drug-likeness (QED) is 0.394. The second kappa shape index (κ2) is 10.6. The van der Waals surface area contributed by atoms with E-state index in [2.05, 4.69) is 39.1 Å². The lowest BCUT2D eigenvalue weighted by molar-refractivity contribution is -0.120. The minimum Gasteiger partial charge on any atom is -0.357 e. The lowest BCUT2D eigenvalue weighted by Gasteiger charge is -2.35. The van der Waals surface area contributed by atoms with Gasteiger partial charge in [-0.25, -0.2) is 0 Å². The van der Waals surface area contributed by atoms with Crippen LogP contribution >= 0.6 is 0 Å². The van der Waals surface area contributed by atoms with E-state index < -0.39 is 0 Å². The summed E-state index contributed by atoms with van der Waals surface area (Å²) in [7, 11) is 4.06. The molecule has 162 valence electrons. The summed E-state index contributed by atoms with van der Waals surface area (Å²) in [6.45, 7) is 11.3. The maximum atomic E-state index is 12.7. The van der Waals surface area contributed by atoms with E-state index in [1.807, 2.05) is 18.1 Å². The third-order valence-electron chi connectivity index (χ3n) is 5.60. The van der Waals surface area contributed by atoms with Gasteiger partial charge in [-0.3, -0.25) is 14.5 Å². The molecule has 1 N–H and O–H groups in total. The number of nitrogens with zero attached hydrogens (tertiary/aromatic N) is 7. The highest BCUT2D eigenvalue weighted by Crippen LogP contribution is 2.16. The summed E-state index contributed by atoms with van der Waals surface area (Å²) in [5.74, 6) is 0.941. The third-order valence-corrected chi connectivity index (χ3v) is 5.60. The van der Waals surface area contributed by atoms with Gasteiger partial charge >= 0.3 is 0 Å². The Morgan fingerprint density at radius 2 is 1.93 bits per heavy atom. The number of nitrogens with one attached hydrogen (secondary N) is 1. The number of piperazine rings is 2. The van der Waals surface area contributed by atoms with E-state index in [4.69, 9.17) is 4.99 Å². The van der Waals surface area contributed by atoms with Gasteiger partial charge in [0, 0.05) is 65.6 Å². The molecule has 9 nitrogen and oxygen atoms in total. The third kappa shape index (κ3) is 6.17. The van der Waals surface area contributed by atoms with Gasteiger partial charge in [0.25, 0.3) is 0 Å². The van der Waals surface area contributed by atoms with Gasteiger partial charge in [-0.05, 0) is 33.4 Å². The summed E-state index contributed by atoms with van der Waals surface area (Å²) in [4.78, 5) is 26.3. The van der Waals surface area contributed by atoms with Crippen molar-refractivity contribution in [2.75, 3.05) is 77.4 Å². The fourth-order valence-electron chi connectivity index (χ4n) is 3.80. The van der Waals surface area contributed by atoms with Crippen molar-refractivity contribution >= 4 is 17.6 Å². The van der Waals surface area contributed by atoms with Gasteiger partial charge in [0.15, 0.2) is 5.96 Å². The number of aryl methyl sites for hydroxylation is 1. The van der Waals surface area contributed by atoms with Crippen LogP contribution in [0.15, 0.2) is 17.4 Å². The van der Waals surface area contributed by atoms with Crippen LogP contribution in [0.5, 0.6) is 0 Å². The van der Waals surface area contributed by atoms with Crippen LogP contribution in [0.3, 0.4) is 0 Å². The molecule has 1 aromatic rings. The van der Waals surface area contributed by atoms with E-state index in [-0.39, 0.29) is 5.91 Å². The maximum absolute atomic E-state index is 12.7. The zero-order valence-electron chi connectivity index (χ0n) is 18.2. The Bertz CT molecular complexity index is 680. The van der Waals surface area contributed by atoms with Crippen LogP contribution in [0.1, 0.15) is 19.8 Å². The first kappa shape index (κ1) is 21.6. The summed E-state index contributed by atoms with van der Waals surface area (Å²) >= 11 is 0. The molecule has 3 rings (SSSR count). The standard InChI is InChI=1S/C20H36N8O/c1-4-21-20(22-7-5-6-8-26-11-9-24(2)10-12-26)27-13-14-28(19(29)17-27)18-15-23-25(3)16-18/h15-16H,4-14,17H2,1-3H3,(H,21,22). The van der Waals surface area contributed by atoms with Crippen molar-refractivity contribution in [3.63, 3.8) is 0 Å². The summed E-state index contributed by atoms with van der Waals surface area (Å²) in [5, 5.41) is 7.52. The summed E-state index contributed by atoms with van der Waals surface area (Å²) < 4.78 is 1.72. The monoisotopic (exact) mass is 404 g/mol. The van der Waals surface area contributed by atoms with Crippen LogP contribution in [-0.4, -0.2) is 109 Å². The van der Waals surface area contributed by atoms with Crippen LogP contribution in [-0.2, 0) is 11.8 Å². The predicted molar refractivity (Wildman–Crippen MR) is 116 cm³/mol. The van der Waals surface area contributed by atoms with Crippen molar-refractivity contribution in [2.45, 2.75) is 19.8 Å². The van der Waals surface area contributed by atoms with Crippen LogP contribution in [0, 0.1) is 0 Å². The number of likely N-dealkylation sites (N-methyl/N-ethyl adjacent to an activating group) is 1. The van der Waals surface area contributed by atoms with Crippen molar-refractivity contribution in [3.8, 4) is 0 Å². The number of hydrogen-bond donors (Lipinski definition) is 1. The number of carbonyl (C=O) groups excluding carboxylic acids is 1. The first-order valence-electron chi connectivity index (χ1n) is 10.8. The number of aromatic nitrogens is 2. The van der Waals surface area contributed by atoms with E-state index in [0.717, 1.165) is 44.2 Å². The van der Waals surface area contributed by atoms with Crippen LogP contribution in [0.2, 0.25) is 0 Å². The largest absolute Gasteiger partial charge is 0.357 e. The van der Waals surface area contributed by atoms with Crippen molar-refractivity contribution in [2.24, 2.45) is 12.0 Å². The van der Waals surface area contributed by atoms with Crippen LogP contribution in [0.4, 0.5) is 5.69 Å². The SMILES string of the molecule is CCNC(=NCCCCN1CCN(C)CC1)N1CCN(c2cnn(C)c2)C(=O)C1. The molecule has 0 spiro atoms. The summed E-state index contributed by atoms with van der Waals surface area (Å²) in [6.07, 6.45) is 5.87. The fourth-order valence-corrected chi connectivity index (χ4v) is 3.80. The van der Waals surface area contributed by atoms with Gasteiger partial charge in [0.05, 0.1) is 11.9 Å². The second-order valence-electron chi connectivity index (χ2n) is 7.93. The smallest absolute Gasteiger partial charge is 0.246 e. The molecule has 0 unspecified atom stereocenters. The average Bonchev–Trinajstić information content (AvgIpc) is 3.14. The van der Waals surface area contributed by atoms with Crippen molar-refractivity contribution in [1.82, 2.24) is 29.8 Å². The number of amides is 1. The molecule has 3 heterocycles. The van der Waals surface area contributed by atoms with E-state index in [1.54, 1.807) is 10.9 Å². The zero-order valence-corrected chi connectivity index (χ0v) is 18.2. The van der Waals surface area contributed by atoms with Crippen molar-refractivity contribution in [3.05, 3.63) is 12.4 Å². The molecule has 2 aliphatic rings. The van der Waals surface area contributed by atoms with Gasteiger partial charge in [-0.15, -0.1) is 0 Å². The molecule has 0 aromatic carbocycles. The highest BCUT2D eigenvalue weighted by Gasteiger charge is 2.27. The van der Waals surface area contributed by atoms with E-state index >= 15 is 0 Å². The molecule has 2 aliphatic heterocycles. The fraction of sp³-hybridized carbons (Fsp3) is 0.750. The van der Waals surface area contributed by atoms with Crippen molar-refractivity contribution < 1.29 is 4.79 Å². The number of anilines is 1. The van der Waals surface area contributed by atoms with E-state index in [0.29, 0.717) is 13.1 Å². The predicted octanol–water partition coefficient (Wildman–Crippen LogP) is 0.0618. The maximum Gasteiger partial charge on any atom is 0.246 e. The lowest BCUT2D eigenvalue weighted by Crippen LogP contribution is -2.55. The first-order chi connectivity index (χ1) is 14.1. The summed E-state index contributed by atoms with van der Waals surface area (Å²) in [6, 6.07) is 0. The zero-order chi connectivity index (χ0) is 20.6. The minimum atomic E-state index is 0.0879. The Morgan fingerprint density at radius 3 is 2.59 bits per heavy atom. The Balaban J connectivity index is 1.44. The van der Waals surface area contributed by atoms with Gasteiger partial charge < -0.3 is 24.9 Å². The van der Waals surface area contributed by atoms with Crippen LogP contribution in [0.25, 0.3) is 0 Å². The molecule has 0 atom stereocenters. The lowest BCUT2D eigenvalue weighted by atomic mass is 10.2.